The van der Waals surface area contributed by atoms with Crippen LogP contribution in [0, 0.1) is 5.21 Å². The van der Waals surface area contributed by atoms with Gasteiger partial charge < -0.3 is 9.57 Å². The molecule has 0 N–H and O–H groups in total. The Balaban J connectivity index is 2.72. The smallest absolute Gasteiger partial charge is 0.404 e. The summed E-state index contributed by atoms with van der Waals surface area (Å²) in [6.45, 7) is 1.71. The second-order valence-electron chi connectivity index (χ2n) is 2.32. The molecule has 0 spiro atoms. The van der Waals surface area contributed by atoms with Crippen LogP contribution in [0.2, 0.25) is 0 Å². The fourth-order valence-corrected chi connectivity index (χ4v) is 0.887. The quantitative estimate of drug-likeness (QED) is 0.394. The molecular formula is C6H9NO4. The summed E-state index contributed by atoms with van der Waals surface area (Å²) in [6.07, 6.45) is 0.0810. The maximum absolute atomic E-state index is 10.8. The highest BCUT2D eigenvalue weighted by Gasteiger charge is 2.32. The Morgan fingerprint density at radius 1 is 1.91 bits per heavy atom. The molecule has 11 heavy (non-hydrogen) atoms. The molecule has 0 aromatic carbocycles. The summed E-state index contributed by atoms with van der Waals surface area (Å²) in [7, 11) is 1.23. The van der Waals surface area contributed by atoms with Crippen LogP contribution in [0.25, 0.3) is 0 Å². The first-order valence-electron chi connectivity index (χ1n) is 3.23. The van der Waals surface area contributed by atoms with E-state index in [-0.39, 0.29) is 16.7 Å². The zero-order valence-electron chi connectivity index (χ0n) is 6.36. The summed E-state index contributed by atoms with van der Waals surface area (Å²) >= 11 is 0. The molecule has 0 radical (unpaired) electrons. The molecule has 0 bridgehead atoms. The zero-order valence-corrected chi connectivity index (χ0v) is 6.36. The number of methoxy groups -OCH3 is 1. The maximum Gasteiger partial charge on any atom is 0.404 e. The minimum Gasteiger partial charge on any atom is -0.461 e. The van der Waals surface area contributed by atoms with Crippen molar-refractivity contribution >= 4 is 11.7 Å². The number of hydrogen-bond donors (Lipinski definition) is 0. The standard InChI is InChI=1S/C6H9NO4/c1-4-3-5(6(8)10-2)7(9)11-4/h4H,3H2,1-2H3. The maximum atomic E-state index is 10.8. The van der Waals surface area contributed by atoms with Crippen molar-refractivity contribution in [1.29, 1.82) is 0 Å². The molecule has 0 fully saturated rings. The fraction of sp³-hybridized carbons (Fsp3) is 0.667. The number of nitrogens with zero attached hydrogens (tertiary/aromatic N) is 1. The second kappa shape index (κ2) is 2.77. The van der Waals surface area contributed by atoms with Crippen LogP contribution in [0.1, 0.15) is 13.3 Å². The fourth-order valence-electron chi connectivity index (χ4n) is 0.887. The van der Waals surface area contributed by atoms with E-state index in [0.717, 1.165) is 0 Å². The molecule has 0 aromatic heterocycles. The van der Waals surface area contributed by atoms with Crippen LogP contribution in [0.5, 0.6) is 0 Å². The molecule has 62 valence electrons. The number of carbonyl (C=O) groups excluding carboxylic acids is 1. The van der Waals surface area contributed by atoms with Gasteiger partial charge in [0.1, 0.15) is 0 Å². The molecule has 1 heterocycles. The third kappa shape index (κ3) is 1.42. The number of esters is 1. The van der Waals surface area contributed by atoms with E-state index in [1.165, 1.54) is 7.11 Å². The van der Waals surface area contributed by atoms with Crippen molar-refractivity contribution in [3.8, 4) is 0 Å². The van der Waals surface area contributed by atoms with Gasteiger partial charge >= 0.3 is 11.7 Å². The Morgan fingerprint density at radius 2 is 2.55 bits per heavy atom. The topological polar surface area (TPSA) is 61.6 Å². The lowest BCUT2D eigenvalue weighted by Crippen LogP contribution is -2.19. The summed E-state index contributed by atoms with van der Waals surface area (Å²) in [5.74, 6) is -0.621. The molecule has 1 aliphatic heterocycles. The van der Waals surface area contributed by atoms with Gasteiger partial charge in [0, 0.05) is 4.90 Å². The highest BCUT2D eigenvalue weighted by molar-refractivity contribution is 6.34. The van der Waals surface area contributed by atoms with Crippen LogP contribution >= 0.6 is 0 Å². The van der Waals surface area contributed by atoms with Crippen LogP contribution in [0.4, 0.5) is 0 Å². The molecule has 1 atom stereocenters. The van der Waals surface area contributed by atoms with Crippen molar-refractivity contribution in [2.24, 2.45) is 0 Å². The van der Waals surface area contributed by atoms with E-state index in [0.29, 0.717) is 6.42 Å². The van der Waals surface area contributed by atoms with Crippen molar-refractivity contribution < 1.29 is 19.3 Å². The minimum atomic E-state index is -0.621. The largest absolute Gasteiger partial charge is 0.461 e. The van der Waals surface area contributed by atoms with Crippen molar-refractivity contribution in [3.63, 3.8) is 0 Å². The van der Waals surface area contributed by atoms with Crippen LogP contribution in [0.15, 0.2) is 0 Å². The molecule has 5 heteroatoms. The summed E-state index contributed by atoms with van der Waals surface area (Å²) in [5, 5.41) is 10.7. The van der Waals surface area contributed by atoms with E-state index < -0.39 is 5.97 Å². The summed E-state index contributed by atoms with van der Waals surface area (Å²) in [6, 6.07) is 0. The van der Waals surface area contributed by atoms with E-state index in [9.17, 15) is 10.0 Å². The van der Waals surface area contributed by atoms with Gasteiger partial charge in [0.05, 0.1) is 19.6 Å². The predicted molar refractivity (Wildman–Crippen MR) is 35.8 cm³/mol. The van der Waals surface area contributed by atoms with Gasteiger partial charge in [-0.15, -0.1) is 0 Å². The molecule has 1 aliphatic rings. The molecular weight excluding hydrogens is 150 g/mol. The lowest BCUT2D eigenvalue weighted by atomic mass is 10.2. The van der Waals surface area contributed by atoms with Crippen molar-refractivity contribution in [1.82, 2.24) is 0 Å². The second-order valence-corrected chi connectivity index (χ2v) is 2.32. The monoisotopic (exact) mass is 159 g/mol. The van der Waals surface area contributed by atoms with E-state index in [4.69, 9.17) is 0 Å². The Bertz CT molecular complexity index is 211. The van der Waals surface area contributed by atoms with Gasteiger partial charge in [0.25, 0.3) is 0 Å². The summed E-state index contributed by atoms with van der Waals surface area (Å²) in [5.41, 5.74) is 0.0278. The third-order valence-corrected chi connectivity index (χ3v) is 1.40. The molecule has 0 saturated carbocycles. The molecule has 0 amide bonds. The molecule has 5 nitrogen and oxygen atoms in total. The SMILES string of the molecule is COC(=O)C1=[N+]([O-])OC(C)C1. The Hall–Kier alpha value is -1.26. The molecule has 0 aromatic rings. The Kier molecular flexibility index (Phi) is 1.98. The van der Waals surface area contributed by atoms with Crippen LogP contribution in [-0.4, -0.2) is 29.8 Å². The number of ether oxygens (including phenoxy) is 1. The summed E-state index contributed by atoms with van der Waals surface area (Å²) < 4.78 is 4.36. The average Bonchev–Trinajstić information content (AvgIpc) is 2.28. The van der Waals surface area contributed by atoms with E-state index in [2.05, 4.69) is 9.57 Å². The molecule has 1 unspecified atom stereocenters. The average molecular weight is 159 g/mol. The lowest BCUT2D eigenvalue weighted by molar-refractivity contribution is -0.739. The van der Waals surface area contributed by atoms with Gasteiger partial charge in [-0.25, -0.2) is 4.79 Å². The number of carbonyl (C=O) groups is 1. The first kappa shape index (κ1) is 7.84. The van der Waals surface area contributed by atoms with Gasteiger partial charge in [-0.05, 0) is 6.92 Å². The van der Waals surface area contributed by atoms with Gasteiger partial charge in [-0.3, -0.25) is 5.21 Å². The van der Waals surface area contributed by atoms with Gasteiger partial charge in [0.2, 0.25) is 0 Å². The minimum absolute atomic E-state index is 0.0278. The van der Waals surface area contributed by atoms with Crippen LogP contribution < -0.4 is 0 Å². The van der Waals surface area contributed by atoms with Gasteiger partial charge in [-0.1, -0.05) is 0 Å². The van der Waals surface area contributed by atoms with E-state index in [1.807, 2.05) is 0 Å². The Morgan fingerprint density at radius 3 is 2.91 bits per heavy atom. The lowest BCUT2D eigenvalue weighted by Gasteiger charge is -2.00. The van der Waals surface area contributed by atoms with Crippen molar-refractivity contribution in [3.05, 3.63) is 5.21 Å². The van der Waals surface area contributed by atoms with Crippen molar-refractivity contribution in [2.75, 3.05) is 7.11 Å². The predicted octanol–water partition coefficient (Wildman–Crippen LogP) is -0.165. The van der Waals surface area contributed by atoms with E-state index >= 15 is 0 Å². The molecule has 0 aliphatic carbocycles. The third-order valence-electron chi connectivity index (χ3n) is 1.40. The number of rotatable bonds is 1. The van der Waals surface area contributed by atoms with E-state index in [1.54, 1.807) is 6.92 Å². The Labute approximate surface area is 63.8 Å². The first-order valence-corrected chi connectivity index (χ1v) is 3.23. The molecule has 1 rings (SSSR count). The highest BCUT2D eigenvalue weighted by atomic mass is 16.9. The normalized spacial score (nSPS) is 23.3. The van der Waals surface area contributed by atoms with Crippen LogP contribution in [0.3, 0.4) is 0 Å². The summed E-state index contributed by atoms with van der Waals surface area (Å²) in [4.78, 5) is 15.6. The van der Waals surface area contributed by atoms with Gasteiger partial charge in [0.15, 0.2) is 0 Å². The molecule has 0 saturated heterocycles. The van der Waals surface area contributed by atoms with Gasteiger partial charge in [-0.2, -0.15) is 0 Å². The zero-order chi connectivity index (χ0) is 8.43. The first-order chi connectivity index (χ1) is 5.15. The van der Waals surface area contributed by atoms with Crippen molar-refractivity contribution in [2.45, 2.75) is 19.4 Å². The highest BCUT2D eigenvalue weighted by Crippen LogP contribution is 2.09. The number of hydrogen-bond acceptors (Lipinski definition) is 4. The van der Waals surface area contributed by atoms with Crippen LogP contribution in [-0.2, 0) is 14.4 Å².